The lowest BCUT2D eigenvalue weighted by atomic mass is 9.94. The van der Waals surface area contributed by atoms with Crippen molar-refractivity contribution in [3.8, 4) is 0 Å². The molecule has 1 aromatic carbocycles. The molecule has 1 aliphatic carbocycles. The number of nitrogens with zero attached hydrogens (tertiary/aromatic N) is 2. The molecule has 108 valence electrons. The Bertz CT molecular complexity index is 500. The van der Waals surface area contributed by atoms with Crippen molar-refractivity contribution in [2.24, 2.45) is 4.99 Å². The number of Topliss-reactive ketones (excluding diaryl/α,β-unsaturated/α-hetero) is 1. The average Bonchev–Trinajstić information content (AvgIpc) is 3.02. The minimum atomic E-state index is 0. The number of hydrogen-bond acceptors (Lipinski definition) is 2. The summed E-state index contributed by atoms with van der Waals surface area (Å²) in [5.74, 6) is 1.39. The summed E-state index contributed by atoms with van der Waals surface area (Å²) in [6, 6.07) is 10.9. The number of ketones is 1. The first kappa shape index (κ1) is 15.0. The van der Waals surface area contributed by atoms with Gasteiger partial charge in [-0.05, 0) is 18.4 Å². The molecular formula is C16H21ClN2O. The Labute approximate surface area is 126 Å². The lowest BCUT2D eigenvalue weighted by Crippen LogP contribution is -2.26. The van der Waals surface area contributed by atoms with Crippen LogP contribution >= 0.6 is 12.4 Å². The van der Waals surface area contributed by atoms with E-state index in [0.29, 0.717) is 18.2 Å². The number of amidine groups is 1. The van der Waals surface area contributed by atoms with Crippen LogP contribution in [-0.4, -0.2) is 36.2 Å². The standard InChI is InChI=1S/C16H20N2O.ClH/c1-18-11-10-15(19)16(18)17-14-9-5-8-13(14)12-6-3-2-4-7-12;/h2-4,6-7,13-14H,5,8-11H2,1H3;1H/t13-,14-;/m1./s1. The fourth-order valence-electron chi connectivity index (χ4n) is 3.21. The van der Waals surface area contributed by atoms with Crippen molar-refractivity contribution < 1.29 is 4.79 Å². The van der Waals surface area contributed by atoms with Gasteiger partial charge in [0.2, 0.25) is 0 Å². The van der Waals surface area contributed by atoms with Crippen LogP contribution in [0.2, 0.25) is 0 Å². The molecule has 0 N–H and O–H groups in total. The zero-order valence-electron chi connectivity index (χ0n) is 11.8. The Morgan fingerprint density at radius 1 is 1.20 bits per heavy atom. The zero-order valence-corrected chi connectivity index (χ0v) is 12.6. The molecule has 0 radical (unpaired) electrons. The van der Waals surface area contributed by atoms with E-state index in [4.69, 9.17) is 4.99 Å². The molecule has 1 saturated carbocycles. The molecule has 4 heteroatoms. The summed E-state index contributed by atoms with van der Waals surface area (Å²) in [5, 5.41) is 0. The van der Waals surface area contributed by atoms with Crippen LogP contribution in [0.3, 0.4) is 0 Å². The minimum Gasteiger partial charge on any atom is -0.357 e. The third-order valence-electron chi connectivity index (χ3n) is 4.28. The van der Waals surface area contributed by atoms with Gasteiger partial charge in [-0.1, -0.05) is 36.8 Å². The first-order valence-corrected chi connectivity index (χ1v) is 7.13. The monoisotopic (exact) mass is 292 g/mol. The molecule has 0 unspecified atom stereocenters. The van der Waals surface area contributed by atoms with Gasteiger partial charge < -0.3 is 4.90 Å². The second-order valence-corrected chi connectivity index (χ2v) is 5.56. The van der Waals surface area contributed by atoms with Crippen molar-refractivity contribution in [1.82, 2.24) is 4.90 Å². The highest BCUT2D eigenvalue weighted by Crippen LogP contribution is 2.37. The lowest BCUT2D eigenvalue weighted by molar-refractivity contribution is -0.112. The Balaban J connectivity index is 0.00000147. The molecule has 1 aliphatic heterocycles. The summed E-state index contributed by atoms with van der Waals surface area (Å²) in [5.41, 5.74) is 1.36. The van der Waals surface area contributed by atoms with Gasteiger partial charge in [0.25, 0.3) is 0 Å². The highest BCUT2D eigenvalue weighted by Gasteiger charge is 2.31. The van der Waals surface area contributed by atoms with E-state index in [2.05, 4.69) is 24.3 Å². The van der Waals surface area contributed by atoms with Crippen molar-refractivity contribution in [3.63, 3.8) is 0 Å². The van der Waals surface area contributed by atoms with Gasteiger partial charge in [-0.25, -0.2) is 0 Å². The summed E-state index contributed by atoms with van der Waals surface area (Å²) < 4.78 is 0. The van der Waals surface area contributed by atoms with Crippen molar-refractivity contribution >= 4 is 24.0 Å². The number of benzene rings is 1. The number of rotatable bonds is 2. The first-order chi connectivity index (χ1) is 9.25. The number of likely N-dealkylation sites (N-methyl/N-ethyl adjacent to an activating group) is 1. The normalized spacial score (nSPS) is 27.9. The number of carbonyl (C=O) groups excluding carboxylic acids is 1. The van der Waals surface area contributed by atoms with Crippen molar-refractivity contribution in [2.45, 2.75) is 37.6 Å². The zero-order chi connectivity index (χ0) is 13.2. The van der Waals surface area contributed by atoms with Gasteiger partial charge in [-0.2, -0.15) is 0 Å². The van der Waals surface area contributed by atoms with Gasteiger partial charge in [0, 0.05) is 25.9 Å². The van der Waals surface area contributed by atoms with E-state index in [9.17, 15) is 4.79 Å². The van der Waals surface area contributed by atoms with Gasteiger partial charge >= 0.3 is 0 Å². The number of halogens is 1. The Hall–Kier alpha value is -1.35. The quantitative estimate of drug-likeness (QED) is 0.839. The first-order valence-electron chi connectivity index (χ1n) is 7.13. The van der Waals surface area contributed by atoms with Gasteiger partial charge in [-0.3, -0.25) is 9.79 Å². The SMILES string of the molecule is CN1CCC(=O)C1=N[C@@H]1CCC[C@@H]1c1ccccc1.Cl. The molecule has 3 rings (SSSR count). The largest absolute Gasteiger partial charge is 0.357 e. The number of carbonyl (C=O) groups is 1. The van der Waals surface area contributed by atoms with Gasteiger partial charge in [0.15, 0.2) is 11.6 Å². The fourth-order valence-corrected chi connectivity index (χ4v) is 3.21. The van der Waals surface area contributed by atoms with Crippen LogP contribution in [0.25, 0.3) is 0 Å². The Kier molecular flexibility index (Phi) is 4.81. The lowest BCUT2D eigenvalue weighted by Gasteiger charge is -2.19. The molecule has 20 heavy (non-hydrogen) atoms. The second-order valence-electron chi connectivity index (χ2n) is 5.56. The maximum Gasteiger partial charge on any atom is 0.199 e. The number of hydrogen-bond donors (Lipinski definition) is 0. The average molecular weight is 293 g/mol. The van der Waals surface area contributed by atoms with E-state index >= 15 is 0 Å². The Morgan fingerprint density at radius 3 is 2.60 bits per heavy atom. The van der Waals surface area contributed by atoms with Crippen molar-refractivity contribution in [1.29, 1.82) is 0 Å². The van der Waals surface area contributed by atoms with Crippen molar-refractivity contribution in [3.05, 3.63) is 35.9 Å². The molecule has 0 bridgehead atoms. The molecule has 2 atom stereocenters. The fraction of sp³-hybridized carbons (Fsp3) is 0.500. The molecule has 0 spiro atoms. The number of aliphatic imine (C=N–C) groups is 1. The van der Waals surface area contributed by atoms with E-state index < -0.39 is 0 Å². The molecule has 3 nitrogen and oxygen atoms in total. The summed E-state index contributed by atoms with van der Waals surface area (Å²) in [7, 11) is 1.97. The van der Waals surface area contributed by atoms with E-state index in [1.54, 1.807) is 0 Å². The van der Waals surface area contributed by atoms with Crippen LogP contribution in [0.4, 0.5) is 0 Å². The summed E-state index contributed by atoms with van der Waals surface area (Å²) >= 11 is 0. The molecule has 1 saturated heterocycles. The van der Waals surface area contributed by atoms with Gasteiger partial charge in [-0.15, -0.1) is 12.4 Å². The molecule has 1 aromatic rings. The maximum atomic E-state index is 11.8. The molecule has 2 fully saturated rings. The molecule has 0 aromatic heterocycles. The van der Waals surface area contributed by atoms with E-state index in [1.165, 1.54) is 18.4 Å². The van der Waals surface area contributed by atoms with Crippen molar-refractivity contribution in [2.75, 3.05) is 13.6 Å². The summed E-state index contributed by atoms with van der Waals surface area (Å²) in [4.78, 5) is 18.6. The topological polar surface area (TPSA) is 32.7 Å². The summed E-state index contributed by atoms with van der Waals surface area (Å²) in [6.07, 6.45) is 4.12. The van der Waals surface area contributed by atoms with Crippen LogP contribution in [-0.2, 0) is 4.79 Å². The second kappa shape index (κ2) is 6.40. The highest BCUT2D eigenvalue weighted by atomic mass is 35.5. The van der Waals surface area contributed by atoms with Crippen LogP contribution in [0.15, 0.2) is 35.3 Å². The smallest absolute Gasteiger partial charge is 0.199 e. The highest BCUT2D eigenvalue weighted by molar-refractivity contribution is 6.40. The van der Waals surface area contributed by atoms with Gasteiger partial charge in [0.05, 0.1) is 6.04 Å². The van der Waals surface area contributed by atoms with Gasteiger partial charge in [0.1, 0.15) is 0 Å². The third kappa shape index (κ3) is 2.88. The van der Waals surface area contributed by atoms with E-state index in [-0.39, 0.29) is 24.2 Å². The van der Waals surface area contributed by atoms with E-state index in [1.807, 2.05) is 18.0 Å². The molecular weight excluding hydrogens is 272 g/mol. The van der Waals surface area contributed by atoms with Crippen LogP contribution in [0.5, 0.6) is 0 Å². The predicted octanol–water partition coefficient (Wildman–Crippen LogP) is 3.05. The number of likely N-dealkylation sites (tertiary alicyclic amines) is 1. The van der Waals surface area contributed by atoms with Crippen LogP contribution in [0, 0.1) is 0 Å². The molecule has 2 aliphatic rings. The van der Waals surface area contributed by atoms with Crippen LogP contribution in [0.1, 0.15) is 37.2 Å². The minimum absolute atomic E-state index is 0. The van der Waals surface area contributed by atoms with E-state index in [0.717, 1.165) is 13.0 Å². The third-order valence-corrected chi connectivity index (χ3v) is 4.28. The predicted molar refractivity (Wildman–Crippen MR) is 83.8 cm³/mol. The maximum absolute atomic E-state index is 11.8. The Morgan fingerprint density at radius 2 is 1.95 bits per heavy atom. The van der Waals surface area contributed by atoms with Crippen LogP contribution < -0.4 is 0 Å². The molecule has 1 heterocycles. The summed E-state index contributed by atoms with van der Waals surface area (Å²) in [6.45, 7) is 0.820. The molecule has 0 amide bonds.